The number of aromatic nitrogens is 1. The van der Waals surface area contributed by atoms with Crippen molar-refractivity contribution in [3.05, 3.63) is 40.7 Å². The van der Waals surface area contributed by atoms with Crippen LogP contribution < -0.4 is 4.72 Å². The largest absolute Gasteiger partial charge is 0.477 e. The van der Waals surface area contributed by atoms with Crippen LogP contribution in [0.3, 0.4) is 0 Å². The maximum atomic E-state index is 13.4. The second-order valence-electron chi connectivity index (χ2n) is 3.82. The molecule has 2 aromatic heterocycles. The lowest BCUT2D eigenvalue weighted by atomic mass is 10.3. The molecular formula is C11H9FN2O4S2. The Morgan fingerprint density at radius 2 is 2.20 bits per heavy atom. The van der Waals surface area contributed by atoms with Crippen LogP contribution in [0.2, 0.25) is 0 Å². The van der Waals surface area contributed by atoms with Gasteiger partial charge in [0, 0.05) is 6.20 Å². The van der Waals surface area contributed by atoms with Crippen LogP contribution in [0.5, 0.6) is 0 Å². The molecule has 0 unspecified atom stereocenters. The van der Waals surface area contributed by atoms with E-state index in [1.165, 1.54) is 12.1 Å². The Balaban J connectivity index is 2.37. The van der Waals surface area contributed by atoms with E-state index in [0.717, 1.165) is 23.6 Å². The predicted octanol–water partition coefficient (Wildman–Crippen LogP) is 2.09. The Kier molecular flexibility index (Phi) is 3.73. The first-order valence-corrected chi connectivity index (χ1v) is 7.58. The van der Waals surface area contributed by atoms with E-state index < -0.39 is 26.8 Å². The molecule has 0 aromatic carbocycles. The van der Waals surface area contributed by atoms with E-state index in [4.69, 9.17) is 5.11 Å². The third-order valence-corrected chi connectivity index (χ3v) is 4.89. The number of carbonyl (C=O) groups is 1. The highest BCUT2D eigenvalue weighted by atomic mass is 32.2. The van der Waals surface area contributed by atoms with Gasteiger partial charge in [0.15, 0.2) is 5.82 Å². The van der Waals surface area contributed by atoms with Gasteiger partial charge in [0.05, 0.1) is 0 Å². The molecule has 0 aliphatic rings. The van der Waals surface area contributed by atoms with E-state index in [0.29, 0.717) is 5.56 Å². The first-order valence-electron chi connectivity index (χ1n) is 5.28. The van der Waals surface area contributed by atoms with E-state index in [-0.39, 0.29) is 9.88 Å². The molecule has 9 heteroatoms. The smallest absolute Gasteiger partial charge is 0.346 e. The average Bonchev–Trinajstić information content (AvgIpc) is 2.69. The molecule has 0 saturated carbocycles. The summed E-state index contributed by atoms with van der Waals surface area (Å²) in [5.74, 6) is -2.13. The summed E-state index contributed by atoms with van der Waals surface area (Å²) in [5, 5.41) is 8.25. The molecule has 0 aliphatic carbocycles. The molecule has 2 heterocycles. The number of hydrogen-bond donors (Lipinski definition) is 2. The molecule has 20 heavy (non-hydrogen) atoms. The summed E-state index contributed by atoms with van der Waals surface area (Å²) in [6.07, 6.45) is 1.15. The molecule has 0 aliphatic heterocycles. The number of carboxylic acids is 1. The van der Waals surface area contributed by atoms with E-state index >= 15 is 0 Å². The van der Waals surface area contributed by atoms with Crippen molar-refractivity contribution in [2.24, 2.45) is 0 Å². The first kappa shape index (κ1) is 14.4. The number of halogens is 1. The van der Waals surface area contributed by atoms with Crippen LogP contribution in [0, 0.1) is 12.7 Å². The number of pyridine rings is 1. The Morgan fingerprint density at radius 3 is 2.75 bits per heavy atom. The Bertz CT molecular complexity index is 770. The molecular weight excluding hydrogens is 307 g/mol. The van der Waals surface area contributed by atoms with Crippen molar-refractivity contribution in [3.8, 4) is 0 Å². The summed E-state index contributed by atoms with van der Waals surface area (Å²) < 4.78 is 39.5. The van der Waals surface area contributed by atoms with Crippen molar-refractivity contribution >= 4 is 32.3 Å². The summed E-state index contributed by atoms with van der Waals surface area (Å²) in [6, 6.07) is 3.61. The zero-order valence-corrected chi connectivity index (χ0v) is 11.8. The average molecular weight is 316 g/mol. The molecule has 0 bridgehead atoms. The molecule has 106 valence electrons. The van der Waals surface area contributed by atoms with Crippen LogP contribution in [-0.2, 0) is 10.0 Å². The first-order chi connectivity index (χ1) is 9.31. The SMILES string of the molecule is Cc1cc(NS(=O)(=O)c2ncccc2F)sc1C(=O)O. The molecule has 0 radical (unpaired) electrons. The van der Waals surface area contributed by atoms with Crippen LogP contribution in [0.15, 0.2) is 29.4 Å². The van der Waals surface area contributed by atoms with Gasteiger partial charge in [-0.1, -0.05) is 0 Å². The summed E-state index contributed by atoms with van der Waals surface area (Å²) in [5.41, 5.74) is 0.418. The molecule has 0 fully saturated rings. The van der Waals surface area contributed by atoms with Gasteiger partial charge in [-0.3, -0.25) is 4.72 Å². The highest BCUT2D eigenvalue weighted by Crippen LogP contribution is 2.28. The maximum absolute atomic E-state index is 13.4. The highest BCUT2D eigenvalue weighted by Gasteiger charge is 2.22. The van der Waals surface area contributed by atoms with Gasteiger partial charge in [0.1, 0.15) is 9.88 Å². The number of nitrogens with zero attached hydrogens (tertiary/aromatic N) is 1. The number of sulfonamides is 1. The Hall–Kier alpha value is -2.00. The van der Waals surface area contributed by atoms with Crippen molar-refractivity contribution in [3.63, 3.8) is 0 Å². The van der Waals surface area contributed by atoms with Crippen molar-refractivity contribution < 1.29 is 22.7 Å². The minimum atomic E-state index is -4.19. The standard InChI is InChI=1S/C11H9FN2O4S2/c1-6-5-8(19-9(6)11(15)16)14-20(17,18)10-7(12)3-2-4-13-10/h2-5,14H,1H3,(H,15,16). The predicted molar refractivity (Wildman–Crippen MR) is 71.0 cm³/mol. The van der Waals surface area contributed by atoms with E-state index in [9.17, 15) is 17.6 Å². The van der Waals surface area contributed by atoms with Gasteiger partial charge < -0.3 is 5.11 Å². The lowest BCUT2D eigenvalue weighted by Gasteiger charge is -2.05. The van der Waals surface area contributed by atoms with E-state index in [1.54, 1.807) is 6.92 Å². The molecule has 0 amide bonds. The molecule has 2 aromatic rings. The number of thiophene rings is 1. The topological polar surface area (TPSA) is 96.4 Å². The lowest BCUT2D eigenvalue weighted by Crippen LogP contribution is -2.15. The minimum absolute atomic E-state index is 0.0178. The number of aromatic carboxylic acids is 1. The number of hydrogen-bond acceptors (Lipinski definition) is 5. The number of rotatable bonds is 4. The maximum Gasteiger partial charge on any atom is 0.346 e. The fourth-order valence-corrected chi connectivity index (χ4v) is 3.70. The number of anilines is 1. The number of nitrogens with one attached hydrogen (secondary N) is 1. The molecule has 0 atom stereocenters. The van der Waals surface area contributed by atoms with E-state index in [1.807, 2.05) is 0 Å². The van der Waals surface area contributed by atoms with Gasteiger partial charge >= 0.3 is 5.97 Å². The van der Waals surface area contributed by atoms with Gasteiger partial charge in [-0.2, -0.15) is 8.42 Å². The van der Waals surface area contributed by atoms with Crippen molar-refractivity contribution in [1.82, 2.24) is 4.98 Å². The van der Waals surface area contributed by atoms with Gasteiger partial charge in [0.25, 0.3) is 10.0 Å². The van der Waals surface area contributed by atoms with Crippen LogP contribution in [0.25, 0.3) is 0 Å². The van der Waals surface area contributed by atoms with Crippen LogP contribution in [0.4, 0.5) is 9.39 Å². The Labute approximate surface area is 118 Å². The third-order valence-electron chi connectivity index (χ3n) is 2.33. The Morgan fingerprint density at radius 1 is 1.50 bits per heavy atom. The van der Waals surface area contributed by atoms with Crippen LogP contribution >= 0.6 is 11.3 Å². The monoisotopic (exact) mass is 316 g/mol. The van der Waals surface area contributed by atoms with Crippen molar-refractivity contribution in [1.29, 1.82) is 0 Å². The second kappa shape index (κ2) is 5.17. The fourth-order valence-electron chi connectivity index (χ4n) is 1.49. The van der Waals surface area contributed by atoms with Gasteiger partial charge in [-0.15, -0.1) is 11.3 Å². The summed E-state index contributed by atoms with van der Waals surface area (Å²) in [6.45, 7) is 1.54. The molecule has 2 N–H and O–H groups in total. The van der Waals surface area contributed by atoms with Crippen molar-refractivity contribution in [2.45, 2.75) is 11.9 Å². The number of carboxylic acid groups (broad SMARTS) is 1. The normalized spacial score (nSPS) is 11.3. The van der Waals surface area contributed by atoms with Gasteiger partial charge in [-0.05, 0) is 30.7 Å². The third kappa shape index (κ3) is 2.78. The molecule has 2 rings (SSSR count). The van der Waals surface area contributed by atoms with Crippen molar-refractivity contribution in [2.75, 3.05) is 4.72 Å². The second-order valence-corrected chi connectivity index (χ2v) is 6.47. The highest BCUT2D eigenvalue weighted by molar-refractivity contribution is 7.92. The minimum Gasteiger partial charge on any atom is -0.477 e. The quantitative estimate of drug-likeness (QED) is 0.900. The van der Waals surface area contributed by atoms with Gasteiger partial charge in [-0.25, -0.2) is 14.2 Å². The molecule has 0 spiro atoms. The van der Waals surface area contributed by atoms with Gasteiger partial charge in [0.2, 0.25) is 5.03 Å². The summed E-state index contributed by atoms with van der Waals surface area (Å²) in [7, 11) is -4.19. The zero-order valence-electron chi connectivity index (χ0n) is 10.1. The zero-order chi connectivity index (χ0) is 14.9. The lowest BCUT2D eigenvalue weighted by molar-refractivity contribution is 0.0701. The molecule has 6 nitrogen and oxygen atoms in total. The fraction of sp³-hybridized carbons (Fsp3) is 0.0909. The van der Waals surface area contributed by atoms with E-state index in [2.05, 4.69) is 9.71 Å². The summed E-state index contributed by atoms with van der Waals surface area (Å²) >= 11 is 0.755. The van der Waals surface area contributed by atoms with Crippen LogP contribution in [0.1, 0.15) is 15.2 Å². The van der Waals surface area contributed by atoms with Crippen LogP contribution in [-0.4, -0.2) is 24.5 Å². The molecule has 0 saturated heterocycles. The summed E-state index contributed by atoms with van der Waals surface area (Å²) in [4.78, 5) is 14.4. The number of aryl methyl sites for hydroxylation is 1.